The molecule has 1 aromatic carbocycles. The number of carbonyl (C=O) groups is 2. The third-order valence-corrected chi connectivity index (χ3v) is 4.75. The fourth-order valence-electron chi connectivity index (χ4n) is 3.42. The first-order valence-corrected chi connectivity index (χ1v) is 8.82. The molecule has 144 valence electrons. The van der Waals surface area contributed by atoms with Gasteiger partial charge in [0, 0.05) is 44.6 Å². The summed E-state index contributed by atoms with van der Waals surface area (Å²) < 4.78 is 15.9. The maximum Gasteiger partial charge on any atom is 0.225 e. The van der Waals surface area contributed by atoms with Crippen LogP contribution in [0.5, 0.6) is 11.5 Å². The zero-order valence-electron chi connectivity index (χ0n) is 15.9. The minimum Gasteiger partial charge on any atom is -0.493 e. The molecule has 1 aromatic rings. The number of nitrogens with zero attached hydrogens (tertiary/aromatic N) is 1. The van der Waals surface area contributed by atoms with E-state index in [0.717, 1.165) is 5.56 Å². The summed E-state index contributed by atoms with van der Waals surface area (Å²) in [5.41, 5.74) is 0.880. The van der Waals surface area contributed by atoms with Gasteiger partial charge in [-0.05, 0) is 6.07 Å². The van der Waals surface area contributed by atoms with Gasteiger partial charge < -0.3 is 24.4 Å². The molecular weight excluding hydrogens is 336 g/mol. The Morgan fingerprint density at radius 1 is 1.19 bits per heavy atom. The van der Waals surface area contributed by atoms with Gasteiger partial charge in [-0.3, -0.25) is 9.59 Å². The molecule has 1 aliphatic rings. The number of ether oxygens (including phenoxy) is 3. The van der Waals surface area contributed by atoms with Gasteiger partial charge in [0.05, 0.1) is 26.7 Å². The van der Waals surface area contributed by atoms with Crippen LogP contribution in [0.25, 0.3) is 0 Å². The molecule has 1 saturated heterocycles. The van der Waals surface area contributed by atoms with Crippen molar-refractivity contribution in [3.8, 4) is 11.5 Å². The normalized spacial score (nSPS) is 19.3. The number of hydrogen-bond donors (Lipinski definition) is 1. The molecule has 2 atom stereocenters. The first-order chi connectivity index (χ1) is 12.6. The number of nitrogens with one attached hydrogen (secondary N) is 1. The average molecular weight is 364 g/mol. The number of carbonyl (C=O) groups excluding carboxylic acids is 2. The van der Waals surface area contributed by atoms with E-state index in [-0.39, 0.29) is 23.7 Å². The van der Waals surface area contributed by atoms with Crippen LogP contribution >= 0.6 is 0 Å². The van der Waals surface area contributed by atoms with Crippen LogP contribution in [0.1, 0.15) is 24.8 Å². The molecule has 0 aliphatic carbocycles. The van der Waals surface area contributed by atoms with Gasteiger partial charge >= 0.3 is 0 Å². The number of hydrogen-bond acceptors (Lipinski definition) is 5. The number of para-hydroxylation sites is 1. The van der Waals surface area contributed by atoms with E-state index in [1.54, 1.807) is 26.2 Å². The third kappa shape index (κ3) is 4.27. The highest BCUT2D eigenvalue weighted by molar-refractivity contribution is 5.83. The summed E-state index contributed by atoms with van der Waals surface area (Å²) in [5, 5.41) is 2.89. The van der Waals surface area contributed by atoms with E-state index in [1.165, 1.54) is 0 Å². The van der Waals surface area contributed by atoms with Crippen molar-refractivity contribution in [2.24, 2.45) is 5.92 Å². The molecule has 0 bridgehead atoms. The van der Waals surface area contributed by atoms with Crippen molar-refractivity contribution in [1.82, 2.24) is 10.2 Å². The monoisotopic (exact) mass is 364 g/mol. The van der Waals surface area contributed by atoms with Crippen molar-refractivity contribution in [2.45, 2.75) is 19.3 Å². The second kappa shape index (κ2) is 9.43. The quantitative estimate of drug-likeness (QED) is 0.706. The summed E-state index contributed by atoms with van der Waals surface area (Å²) in [5.74, 6) is 0.693. The molecule has 26 heavy (non-hydrogen) atoms. The fraction of sp³-hybridized carbons (Fsp3) is 0.579. The number of benzene rings is 1. The Morgan fingerprint density at radius 3 is 2.58 bits per heavy atom. The van der Waals surface area contributed by atoms with Crippen molar-refractivity contribution in [1.29, 1.82) is 0 Å². The minimum atomic E-state index is -0.344. The largest absolute Gasteiger partial charge is 0.493 e. The van der Waals surface area contributed by atoms with Gasteiger partial charge in [0.15, 0.2) is 11.5 Å². The minimum absolute atomic E-state index is 0.0454. The average Bonchev–Trinajstić information content (AvgIpc) is 3.12. The van der Waals surface area contributed by atoms with E-state index in [1.807, 2.05) is 25.1 Å². The van der Waals surface area contributed by atoms with E-state index in [0.29, 0.717) is 44.2 Å². The molecule has 0 spiro atoms. The molecular formula is C19H28N2O5. The zero-order valence-corrected chi connectivity index (χ0v) is 15.9. The van der Waals surface area contributed by atoms with Gasteiger partial charge in [-0.2, -0.15) is 0 Å². The van der Waals surface area contributed by atoms with Crippen LogP contribution in [0.15, 0.2) is 18.2 Å². The second-order valence-corrected chi connectivity index (χ2v) is 6.23. The summed E-state index contributed by atoms with van der Waals surface area (Å²) in [6.07, 6.45) is 0.417. The van der Waals surface area contributed by atoms with E-state index < -0.39 is 0 Å². The van der Waals surface area contributed by atoms with Crippen LogP contribution in [0, 0.1) is 5.92 Å². The topological polar surface area (TPSA) is 77.1 Å². The molecule has 2 amide bonds. The van der Waals surface area contributed by atoms with E-state index in [4.69, 9.17) is 14.2 Å². The Bertz CT molecular complexity index is 634. The van der Waals surface area contributed by atoms with Crippen molar-refractivity contribution in [2.75, 3.05) is 47.6 Å². The molecule has 7 heteroatoms. The molecule has 0 aromatic heterocycles. The van der Waals surface area contributed by atoms with Crippen molar-refractivity contribution in [3.63, 3.8) is 0 Å². The standard InChI is InChI=1S/C19H28N2O5/c1-5-17(22)21-11-14(15(12-21)19(23)20-9-10-24-2)13-7-6-8-16(25-3)18(13)26-4/h6-8,14-15H,5,9-12H2,1-4H3,(H,20,23)/t14-,15-/m0/s1. The van der Waals surface area contributed by atoms with Gasteiger partial charge in [0.2, 0.25) is 11.8 Å². The smallest absolute Gasteiger partial charge is 0.225 e. The lowest BCUT2D eigenvalue weighted by Crippen LogP contribution is -2.37. The first-order valence-electron chi connectivity index (χ1n) is 8.82. The molecule has 1 fully saturated rings. The van der Waals surface area contributed by atoms with Gasteiger partial charge in [-0.25, -0.2) is 0 Å². The first kappa shape index (κ1) is 20.0. The molecule has 1 aliphatic heterocycles. The lowest BCUT2D eigenvalue weighted by molar-refractivity contribution is -0.130. The van der Waals surface area contributed by atoms with Crippen LogP contribution in [0.2, 0.25) is 0 Å². The van der Waals surface area contributed by atoms with Crippen molar-refractivity contribution in [3.05, 3.63) is 23.8 Å². The highest BCUT2D eigenvalue weighted by Crippen LogP contribution is 2.42. The molecule has 2 rings (SSSR count). The van der Waals surface area contributed by atoms with Crippen LogP contribution in [-0.2, 0) is 14.3 Å². The zero-order chi connectivity index (χ0) is 19.1. The maximum atomic E-state index is 12.7. The summed E-state index contributed by atoms with van der Waals surface area (Å²) in [4.78, 5) is 26.7. The molecule has 0 saturated carbocycles. The Kier molecular flexibility index (Phi) is 7.26. The Morgan fingerprint density at radius 2 is 1.96 bits per heavy atom. The lowest BCUT2D eigenvalue weighted by atomic mass is 9.87. The van der Waals surface area contributed by atoms with Crippen LogP contribution in [-0.4, -0.2) is 64.3 Å². The SMILES string of the molecule is CCC(=O)N1C[C@H](C(=O)NCCOC)[C@H](c2cccc(OC)c2OC)C1. The molecule has 1 N–H and O–H groups in total. The maximum absolute atomic E-state index is 12.7. The predicted molar refractivity (Wildman–Crippen MR) is 97.5 cm³/mol. The summed E-state index contributed by atoms with van der Waals surface area (Å²) in [6.45, 7) is 3.60. The Labute approximate surface area is 154 Å². The Hall–Kier alpha value is -2.28. The molecule has 0 unspecified atom stereocenters. The van der Waals surface area contributed by atoms with E-state index >= 15 is 0 Å². The molecule has 0 radical (unpaired) electrons. The van der Waals surface area contributed by atoms with Crippen LogP contribution in [0.4, 0.5) is 0 Å². The summed E-state index contributed by atoms with van der Waals surface area (Å²) >= 11 is 0. The van der Waals surface area contributed by atoms with Crippen LogP contribution in [0.3, 0.4) is 0 Å². The highest BCUT2D eigenvalue weighted by Gasteiger charge is 2.41. The fourth-order valence-corrected chi connectivity index (χ4v) is 3.42. The Balaban J connectivity index is 2.32. The third-order valence-electron chi connectivity index (χ3n) is 4.75. The molecule has 1 heterocycles. The number of likely N-dealkylation sites (tertiary alicyclic amines) is 1. The highest BCUT2D eigenvalue weighted by atomic mass is 16.5. The predicted octanol–water partition coefficient (Wildman–Crippen LogP) is 1.42. The second-order valence-electron chi connectivity index (χ2n) is 6.23. The van der Waals surface area contributed by atoms with E-state index in [9.17, 15) is 9.59 Å². The van der Waals surface area contributed by atoms with Crippen molar-refractivity contribution >= 4 is 11.8 Å². The number of rotatable bonds is 8. The number of methoxy groups -OCH3 is 3. The van der Waals surface area contributed by atoms with Gasteiger partial charge in [0.1, 0.15) is 0 Å². The van der Waals surface area contributed by atoms with Crippen LogP contribution < -0.4 is 14.8 Å². The summed E-state index contributed by atoms with van der Waals surface area (Å²) in [7, 11) is 4.75. The van der Waals surface area contributed by atoms with E-state index in [2.05, 4.69) is 5.32 Å². The van der Waals surface area contributed by atoms with Gasteiger partial charge in [-0.15, -0.1) is 0 Å². The summed E-state index contributed by atoms with van der Waals surface area (Å²) in [6, 6.07) is 5.63. The van der Waals surface area contributed by atoms with Crippen molar-refractivity contribution < 1.29 is 23.8 Å². The lowest BCUT2D eigenvalue weighted by Gasteiger charge is -2.21. The van der Waals surface area contributed by atoms with Gasteiger partial charge in [-0.1, -0.05) is 19.1 Å². The number of amides is 2. The molecule has 7 nitrogen and oxygen atoms in total. The van der Waals surface area contributed by atoms with Gasteiger partial charge in [0.25, 0.3) is 0 Å².